The summed E-state index contributed by atoms with van der Waals surface area (Å²) in [5.41, 5.74) is -0.340. The molecular formula is C17H34N2O2. The Morgan fingerprint density at radius 3 is 2.38 bits per heavy atom. The van der Waals surface area contributed by atoms with E-state index in [1.54, 1.807) is 0 Å². The average molecular weight is 298 g/mol. The van der Waals surface area contributed by atoms with Gasteiger partial charge >= 0.3 is 5.97 Å². The molecule has 0 aromatic carbocycles. The van der Waals surface area contributed by atoms with Crippen molar-refractivity contribution < 1.29 is 9.90 Å². The Labute approximate surface area is 130 Å². The van der Waals surface area contributed by atoms with Gasteiger partial charge < -0.3 is 15.3 Å². The van der Waals surface area contributed by atoms with Gasteiger partial charge in [-0.1, -0.05) is 27.2 Å². The molecule has 2 N–H and O–H groups in total. The van der Waals surface area contributed by atoms with Gasteiger partial charge in [0.15, 0.2) is 0 Å². The molecule has 4 nitrogen and oxygen atoms in total. The SMILES string of the molecule is CCCNC(C)(CC(C)N1CCC(C)(CC)CC1)C(=O)O. The molecule has 0 radical (unpaired) electrons. The highest BCUT2D eigenvalue weighted by atomic mass is 16.4. The second-order valence-corrected chi connectivity index (χ2v) is 7.32. The van der Waals surface area contributed by atoms with Crippen molar-refractivity contribution in [2.45, 2.75) is 78.3 Å². The molecule has 2 unspecified atom stereocenters. The van der Waals surface area contributed by atoms with Crippen LogP contribution < -0.4 is 5.32 Å². The first-order valence-electron chi connectivity index (χ1n) is 8.49. The van der Waals surface area contributed by atoms with Crippen molar-refractivity contribution >= 4 is 5.97 Å². The van der Waals surface area contributed by atoms with E-state index < -0.39 is 11.5 Å². The Kier molecular flexibility index (Phi) is 6.67. The van der Waals surface area contributed by atoms with Gasteiger partial charge in [0.25, 0.3) is 0 Å². The molecule has 0 aromatic rings. The fraction of sp³-hybridized carbons (Fsp3) is 0.941. The molecule has 1 aliphatic heterocycles. The number of aliphatic carboxylic acids is 1. The molecular weight excluding hydrogens is 264 g/mol. The Morgan fingerprint density at radius 2 is 1.95 bits per heavy atom. The topological polar surface area (TPSA) is 52.6 Å². The Hall–Kier alpha value is -0.610. The highest BCUT2D eigenvalue weighted by Gasteiger charge is 2.37. The quantitative estimate of drug-likeness (QED) is 0.723. The molecule has 1 rings (SSSR count). The van der Waals surface area contributed by atoms with E-state index in [0.717, 1.165) is 26.1 Å². The second kappa shape index (κ2) is 7.59. The molecule has 0 bridgehead atoms. The van der Waals surface area contributed by atoms with Crippen LogP contribution >= 0.6 is 0 Å². The van der Waals surface area contributed by atoms with E-state index in [0.29, 0.717) is 17.9 Å². The number of rotatable bonds is 8. The summed E-state index contributed by atoms with van der Waals surface area (Å²) < 4.78 is 0. The Morgan fingerprint density at radius 1 is 1.38 bits per heavy atom. The summed E-state index contributed by atoms with van der Waals surface area (Å²) in [6, 6.07) is 0.303. The van der Waals surface area contributed by atoms with Crippen LogP contribution in [0.4, 0.5) is 0 Å². The molecule has 0 aromatic heterocycles. The molecule has 124 valence electrons. The summed E-state index contributed by atoms with van der Waals surface area (Å²) >= 11 is 0. The average Bonchev–Trinajstić information content (AvgIpc) is 2.45. The maximum Gasteiger partial charge on any atom is 0.323 e. The van der Waals surface area contributed by atoms with Gasteiger partial charge in [0.1, 0.15) is 5.54 Å². The highest BCUT2D eigenvalue weighted by Crippen LogP contribution is 2.35. The minimum Gasteiger partial charge on any atom is -0.480 e. The summed E-state index contributed by atoms with van der Waals surface area (Å²) in [6.07, 6.45) is 5.29. The Balaban J connectivity index is 2.58. The predicted octanol–water partition coefficient (Wildman–Crippen LogP) is 3.12. The van der Waals surface area contributed by atoms with E-state index in [-0.39, 0.29) is 0 Å². The van der Waals surface area contributed by atoms with Crippen molar-refractivity contribution in [1.29, 1.82) is 0 Å². The van der Waals surface area contributed by atoms with E-state index >= 15 is 0 Å². The minimum absolute atomic E-state index is 0.303. The number of hydrogen-bond acceptors (Lipinski definition) is 3. The molecule has 21 heavy (non-hydrogen) atoms. The zero-order valence-corrected chi connectivity index (χ0v) is 14.5. The minimum atomic E-state index is -0.819. The smallest absolute Gasteiger partial charge is 0.323 e. The van der Waals surface area contributed by atoms with Crippen molar-refractivity contribution in [2.75, 3.05) is 19.6 Å². The first-order valence-corrected chi connectivity index (χ1v) is 8.49. The highest BCUT2D eigenvalue weighted by molar-refractivity contribution is 5.78. The van der Waals surface area contributed by atoms with Gasteiger partial charge in [0.2, 0.25) is 0 Å². The zero-order chi connectivity index (χ0) is 16.1. The second-order valence-electron chi connectivity index (χ2n) is 7.32. The van der Waals surface area contributed by atoms with Crippen LogP contribution in [0.1, 0.15) is 66.7 Å². The van der Waals surface area contributed by atoms with Crippen molar-refractivity contribution in [3.63, 3.8) is 0 Å². The van der Waals surface area contributed by atoms with Gasteiger partial charge in [-0.3, -0.25) is 4.79 Å². The lowest BCUT2D eigenvalue weighted by Gasteiger charge is -2.43. The lowest BCUT2D eigenvalue weighted by molar-refractivity contribution is -0.145. The third-order valence-corrected chi connectivity index (χ3v) is 5.42. The van der Waals surface area contributed by atoms with Crippen LogP contribution in [-0.4, -0.2) is 47.2 Å². The van der Waals surface area contributed by atoms with E-state index in [2.05, 4.69) is 37.9 Å². The Bertz CT molecular complexity index is 338. The van der Waals surface area contributed by atoms with Crippen LogP contribution in [0.2, 0.25) is 0 Å². The summed E-state index contributed by atoms with van der Waals surface area (Å²) in [7, 11) is 0. The van der Waals surface area contributed by atoms with Gasteiger partial charge in [-0.05, 0) is 64.6 Å². The number of carboxylic acids is 1. The maximum atomic E-state index is 11.6. The fourth-order valence-electron chi connectivity index (χ4n) is 3.21. The van der Waals surface area contributed by atoms with Gasteiger partial charge in [0.05, 0.1) is 0 Å². The molecule has 0 amide bonds. The molecule has 1 saturated heterocycles. The molecule has 1 aliphatic rings. The number of carboxylic acid groups (broad SMARTS) is 1. The van der Waals surface area contributed by atoms with Gasteiger partial charge in [-0.15, -0.1) is 0 Å². The zero-order valence-electron chi connectivity index (χ0n) is 14.5. The summed E-state index contributed by atoms with van der Waals surface area (Å²) in [5, 5.41) is 12.8. The van der Waals surface area contributed by atoms with Crippen LogP contribution in [0.15, 0.2) is 0 Å². The molecule has 1 fully saturated rings. The molecule has 0 aliphatic carbocycles. The normalized spacial score (nSPS) is 23.5. The van der Waals surface area contributed by atoms with Crippen LogP contribution in [0, 0.1) is 5.41 Å². The standard InChI is InChI=1S/C17H34N2O2/c1-6-10-18-17(5,15(20)21)13-14(3)19-11-8-16(4,7-2)9-12-19/h14,18H,6-13H2,1-5H3,(H,20,21). The van der Waals surface area contributed by atoms with Gasteiger partial charge in [0, 0.05) is 6.04 Å². The summed E-state index contributed by atoms with van der Waals surface area (Å²) in [4.78, 5) is 14.1. The third-order valence-electron chi connectivity index (χ3n) is 5.42. The molecule has 2 atom stereocenters. The summed E-state index contributed by atoms with van der Waals surface area (Å²) in [5.74, 6) is -0.738. The van der Waals surface area contributed by atoms with Crippen molar-refractivity contribution in [3.05, 3.63) is 0 Å². The van der Waals surface area contributed by atoms with E-state index in [9.17, 15) is 9.90 Å². The first kappa shape index (κ1) is 18.4. The molecule has 0 saturated carbocycles. The predicted molar refractivity (Wildman–Crippen MR) is 87.6 cm³/mol. The van der Waals surface area contributed by atoms with Crippen molar-refractivity contribution in [2.24, 2.45) is 5.41 Å². The third kappa shape index (κ3) is 4.96. The van der Waals surface area contributed by atoms with Gasteiger partial charge in [-0.2, -0.15) is 0 Å². The van der Waals surface area contributed by atoms with Crippen LogP contribution in [0.25, 0.3) is 0 Å². The lowest BCUT2D eigenvalue weighted by atomic mass is 9.77. The largest absolute Gasteiger partial charge is 0.480 e. The van der Waals surface area contributed by atoms with E-state index in [1.807, 2.05) is 6.92 Å². The van der Waals surface area contributed by atoms with Crippen LogP contribution in [0.3, 0.4) is 0 Å². The number of hydrogen-bond donors (Lipinski definition) is 2. The number of carbonyl (C=O) groups is 1. The summed E-state index contributed by atoms with van der Waals surface area (Å²) in [6.45, 7) is 13.6. The molecule has 0 spiro atoms. The number of piperidine rings is 1. The number of nitrogens with zero attached hydrogens (tertiary/aromatic N) is 1. The first-order chi connectivity index (χ1) is 9.76. The van der Waals surface area contributed by atoms with E-state index in [4.69, 9.17) is 0 Å². The fourth-order valence-corrected chi connectivity index (χ4v) is 3.21. The van der Waals surface area contributed by atoms with Gasteiger partial charge in [-0.25, -0.2) is 0 Å². The lowest BCUT2D eigenvalue weighted by Crippen LogP contribution is -2.54. The molecule has 1 heterocycles. The van der Waals surface area contributed by atoms with E-state index in [1.165, 1.54) is 19.3 Å². The van der Waals surface area contributed by atoms with Crippen LogP contribution in [0.5, 0.6) is 0 Å². The van der Waals surface area contributed by atoms with Crippen LogP contribution in [-0.2, 0) is 4.79 Å². The monoisotopic (exact) mass is 298 g/mol. The van der Waals surface area contributed by atoms with Crippen molar-refractivity contribution in [3.8, 4) is 0 Å². The maximum absolute atomic E-state index is 11.6. The number of nitrogens with one attached hydrogen (secondary N) is 1. The van der Waals surface area contributed by atoms with Crippen molar-refractivity contribution in [1.82, 2.24) is 10.2 Å². The molecule has 4 heteroatoms. The number of likely N-dealkylation sites (tertiary alicyclic amines) is 1.